The van der Waals surface area contributed by atoms with Gasteiger partial charge < -0.3 is 9.47 Å². The average Bonchev–Trinajstić information content (AvgIpc) is 3.10. The minimum absolute atomic E-state index is 0.132. The van der Waals surface area contributed by atoms with Gasteiger partial charge in [-0.2, -0.15) is 0 Å². The van der Waals surface area contributed by atoms with Crippen LogP contribution in [0.25, 0.3) is 22.2 Å². The molecule has 0 unspecified atom stereocenters. The molecule has 0 saturated carbocycles. The normalized spacial score (nSPS) is 12.2. The Bertz CT molecular complexity index is 1220. The van der Waals surface area contributed by atoms with E-state index in [4.69, 9.17) is 9.47 Å². The standard InChI is InChI=1S/C17H12BrN3O3S/c1-23-12-4-3-9(5-13(12)24-2)6-14-16(22)21-15-11(20-17(21)25-14)7-10(18)8-19-15/h3-8H,1-2H3/b14-6+. The Labute approximate surface area is 154 Å². The van der Waals surface area contributed by atoms with Crippen LogP contribution in [0.3, 0.4) is 0 Å². The zero-order chi connectivity index (χ0) is 17.6. The third kappa shape index (κ3) is 2.67. The highest BCUT2D eigenvalue weighted by Gasteiger charge is 2.12. The first-order valence-corrected chi connectivity index (χ1v) is 8.92. The fourth-order valence-corrected chi connectivity index (χ4v) is 3.90. The molecule has 0 N–H and O–H groups in total. The number of methoxy groups -OCH3 is 2. The number of rotatable bonds is 3. The van der Waals surface area contributed by atoms with Crippen LogP contribution >= 0.6 is 27.3 Å². The van der Waals surface area contributed by atoms with E-state index in [9.17, 15) is 4.79 Å². The molecule has 126 valence electrons. The maximum atomic E-state index is 12.8. The summed E-state index contributed by atoms with van der Waals surface area (Å²) in [5, 5.41) is 0. The smallest absolute Gasteiger partial charge is 0.276 e. The van der Waals surface area contributed by atoms with E-state index in [2.05, 4.69) is 25.9 Å². The maximum Gasteiger partial charge on any atom is 0.276 e. The molecule has 0 atom stereocenters. The lowest BCUT2D eigenvalue weighted by Gasteiger charge is -2.07. The first-order valence-electron chi connectivity index (χ1n) is 7.31. The molecule has 0 aliphatic carbocycles. The van der Waals surface area contributed by atoms with E-state index in [1.807, 2.05) is 30.3 Å². The zero-order valence-corrected chi connectivity index (χ0v) is 15.7. The molecule has 1 aromatic carbocycles. The van der Waals surface area contributed by atoms with Crippen LogP contribution in [0.5, 0.6) is 11.5 Å². The molecule has 0 aliphatic heterocycles. The van der Waals surface area contributed by atoms with E-state index < -0.39 is 0 Å². The highest BCUT2D eigenvalue weighted by Crippen LogP contribution is 2.27. The van der Waals surface area contributed by atoms with E-state index in [1.54, 1.807) is 24.8 Å². The summed E-state index contributed by atoms with van der Waals surface area (Å²) >= 11 is 4.70. The molecule has 25 heavy (non-hydrogen) atoms. The number of imidazole rings is 1. The quantitative estimate of drug-likeness (QED) is 0.512. The van der Waals surface area contributed by atoms with Gasteiger partial charge in [-0.1, -0.05) is 17.4 Å². The number of nitrogens with zero attached hydrogens (tertiary/aromatic N) is 3. The molecule has 0 radical (unpaired) electrons. The molecule has 0 bridgehead atoms. The maximum absolute atomic E-state index is 12.8. The van der Waals surface area contributed by atoms with Crippen molar-refractivity contribution >= 4 is 49.5 Å². The molecular weight excluding hydrogens is 406 g/mol. The highest BCUT2D eigenvalue weighted by molar-refractivity contribution is 9.10. The molecule has 3 aromatic heterocycles. The van der Waals surface area contributed by atoms with Crippen LogP contribution in [0, 0.1) is 0 Å². The first kappa shape index (κ1) is 16.0. The number of pyridine rings is 1. The average molecular weight is 418 g/mol. The topological polar surface area (TPSA) is 65.7 Å². The zero-order valence-electron chi connectivity index (χ0n) is 13.3. The van der Waals surface area contributed by atoms with Gasteiger partial charge in [0.25, 0.3) is 5.56 Å². The summed E-state index contributed by atoms with van der Waals surface area (Å²) in [4.78, 5) is 22.2. The van der Waals surface area contributed by atoms with Gasteiger partial charge in [0.1, 0.15) is 5.52 Å². The lowest BCUT2D eigenvalue weighted by molar-refractivity contribution is 0.355. The Morgan fingerprint density at radius 2 is 2.00 bits per heavy atom. The summed E-state index contributed by atoms with van der Waals surface area (Å²) in [6.45, 7) is 0. The number of halogens is 1. The van der Waals surface area contributed by atoms with Gasteiger partial charge >= 0.3 is 0 Å². The van der Waals surface area contributed by atoms with E-state index in [0.717, 1.165) is 10.0 Å². The van der Waals surface area contributed by atoms with E-state index >= 15 is 0 Å². The summed E-state index contributed by atoms with van der Waals surface area (Å²) in [5.41, 5.74) is 1.97. The van der Waals surface area contributed by atoms with Crippen LogP contribution in [0.15, 0.2) is 39.7 Å². The molecule has 4 rings (SSSR count). The Morgan fingerprint density at radius 1 is 1.20 bits per heavy atom. The SMILES string of the molecule is COc1ccc(/C=c2/sc3nc4cc(Br)cnc4n3c2=O)cc1OC. The number of hydrogen-bond acceptors (Lipinski definition) is 6. The second-order valence-corrected chi connectivity index (χ2v) is 7.18. The molecule has 0 saturated heterocycles. The van der Waals surface area contributed by atoms with Crippen LogP contribution in [0.1, 0.15) is 5.56 Å². The van der Waals surface area contributed by atoms with Crippen LogP contribution in [-0.2, 0) is 0 Å². The van der Waals surface area contributed by atoms with Gasteiger partial charge in [0.2, 0.25) is 0 Å². The number of ether oxygens (including phenoxy) is 2. The van der Waals surface area contributed by atoms with Crippen LogP contribution in [0.2, 0.25) is 0 Å². The third-order valence-electron chi connectivity index (χ3n) is 3.75. The van der Waals surface area contributed by atoms with Gasteiger partial charge in [-0.15, -0.1) is 0 Å². The van der Waals surface area contributed by atoms with Gasteiger partial charge in [-0.25, -0.2) is 14.4 Å². The molecule has 4 aromatic rings. The highest BCUT2D eigenvalue weighted by atomic mass is 79.9. The molecule has 3 heterocycles. The molecule has 0 amide bonds. The number of aromatic nitrogens is 3. The monoisotopic (exact) mass is 417 g/mol. The number of thiazole rings is 1. The van der Waals surface area contributed by atoms with Gasteiger partial charge in [0.15, 0.2) is 22.1 Å². The van der Waals surface area contributed by atoms with Crippen molar-refractivity contribution in [3.05, 3.63) is 55.4 Å². The number of fused-ring (bicyclic) bond motifs is 3. The molecule has 0 fully saturated rings. The van der Waals surface area contributed by atoms with Crippen molar-refractivity contribution in [2.24, 2.45) is 0 Å². The first-order chi connectivity index (χ1) is 12.1. The van der Waals surface area contributed by atoms with E-state index in [-0.39, 0.29) is 5.56 Å². The van der Waals surface area contributed by atoms with Gasteiger partial charge in [-0.3, -0.25) is 4.79 Å². The Hall–Kier alpha value is -2.45. The fourth-order valence-electron chi connectivity index (χ4n) is 2.61. The van der Waals surface area contributed by atoms with E-state index in [1.165, 1.54) is 11.3 Å². The molecule has 8 heteroatoms. The number of benzene rings is 1. The molecule has 0 spiro atoms. The van der Waals surface area contributed by atoms with Crippen molar-refractivity contribution in [1.82, 2.24) is 14.4 Å². The van der Waals surface area contributed by atoms with E-state index in [0.29, 0.717) is 32.2 Å². The number of hydrogen-bond donors (Lipinski definition) is 0. The van der Waals surface area contributed by atoms with Crippen LogP contribution in [-0.4, -0.2) is 28.6 Å². The summed E-state index contributed by atoms with van der Waals surface area (Å²) in [6.07, 6.45) is 3.47. The largest absolute Gasteiger partial charge is 0.493 e. The third-order valence-corrected chi connectivity index (χ3v) is 5.16. The lowest BCUT2D eigenvalue weighted by atomic mass is 10.2. The van der Waals surface area contributed by atoms with Crippen molar-refractivity contribution in [3.8, 4) is 11.5 Å². The Kier molecular flexibility index (Phi) is 3.93. The minimum atomic E-state index is -0.132. The van der Waals surface area contributed by atoms with Gasteiger partial charge in [0, 0.05) is 10.7 Å². The molecule has 6 nitrogen and oxygen atoms in total. The Balaban J connectivity index is 1.91. The summed E-state index contributed by atoms with van der Waals surface area (Å²) < 4.78 is 13.5. The molecule has 0 aliphatic rings. The van der Waals surface area contributed by atoms with Crippen LogP contribution < -0.4 is 19.6 Å². The van der Waals surface area contributed by atoms with Gasteiger partial charge in [-0.05, 0) is 45.8 Å². The summed E-state index contributed by atoms with van der Waals surface area (Å²) in [7, 11) is 3.16. The van der Waals surface area contributed by atoms with Crippen molar-refractivity contribution in [2.75, 3.05) is 14.2 Å². The van der Waals surface area contributed by atoms with Crippen molar-refractivity contribution < 1.29 is 9.47 Å². The molecular formula is C17H12BrN3O3S. The second-order valence-electron chi connectivity index (χ2n) is 5.26. The van der Waals surface area contributed by atoms with Crippen LogP contribution in [0.4, 0.5) is 0 Å². The Morgan fingerprint density at radius 3 is 2.76 bits per heavy atom. The predicted octanol–water partition coefficient (Wildman–Crippen LogP) is 2.63. The second kappa shape index (κ2) is 6.12. The summed E-state index contributed by atoms with van der Waals surface area (Å²) in [5.74, 6) is 1.26. The van der Waals surface area contributed by atoms with Crippen molar-refractivity contribution in [1.29, 1.82) is 0 Å². The lowest BCUT2D eigenvalue weighted by Crippen LogP contribution is -2.22. The predicted molar refractivity (Wildman–Crippen MR) is 101 cm³/mol. The summed E-state index contributed by atoms with van der Waals surface area (Å²) in [6, 6.07) is 7.35. The van der Waals surface area contributed by atoms with Crippen molar-refractivity contribution in [2.45, 2.75) is 0 Å². The van der Waals surface area contributed by atoms with Crippen molar-refractivity contribution in [3.63, 3.8) is 0 Å². The van der Waals surface area contributed by atoms with Gasteiger partial charge in [0.05, 0.1) is 18.8 Å². The minimum Gasteiger partial charge on any atom is -0.493 e. The fraction of sp³-hybridized carbons (Fsp3) is 0.118.